The lowest BCUT2D eigenvalue weighted by molar-refractivity contribution is 0.310. The van der Waals surface area contributed by atoms with Crippen molar-refractivity contribution < 1.29 is 4.74 Å². The van der Waals surface area contributed by atoms with Gasteiger partial charge in [0.25, 0.3) is 0 Å². The van der Waals surface area contributed by atoms with Crippen molar-refractivity contribution in [2.24, 2.45) is 0 Å². The van der Waals surface area contributed by atoms with Gasteiger partial charge in [-0.2, -0.15) is 0 Å². The summed E-state index contributed by atoms with van der Waals surface area (Å²) in [5, 5.41) is 1.21. The van der Waals surface area contributed by atoms with Gasteiger partial charge in [0.2, 0.25) is 0 Å². The van der Waals surface area contributed by atoms with Gasteiger partial charge in [-0.25, -0.2) is 0 Å². The van der Waals surface area contributed by atoms with E-state index in [0.29, 0.717) is 28.3 Å². The lowest BCUT2D eigenvalue weighted by atomic mass is 9.99. The normalized spacial score (nSPS) is 15.8. The first-order valence-electron chi connectivity index (χ1n) is 5.50. The molecule has 2 rings (SSSR count). The smallest absolute Gasteiger partial charge is 0.156 e. The fourth-order valence-corrected chi connectivity index (χ4v) is 2.82. The maximum Gasteiger partial charge on any atom is 0.156 e. The van der Waals surface area contributed by atoms with Crippen molar-refractivity contribution >= 4 is 34.8 Å². The summed E-state index contributed by atoms with van der Waals surface area (Å²) in [6.45, 7) is 2.30. The zero-order valence-electron chi connectivity index (χ0n) is 9.60. The van der Waals surface area contributed by atoms with Crippen molar-refractivity contribution in [2.45, 2.75) is 13.0 Å². The van der Waals surface area contributed by atoms with Crippen LogP contribution in [0.15, 0.2) is 6.07 Å². The summed E-state index contributed by atoms with van der Waals surface area (Å²) in [7, 11) is 2.09. The topological polar surface area (TPSA) is 12.5 Å². The van der Waals surface area contributed by atoms with Gasteiger partial charge in [0.05, 0.1) is 15.9 Å². The molecule has 0 unspecified atom stereocenters. The van der Waals surface area contributed by atoms with Gasteiger partial charge >= 0.3 is 0 Å². The lowest BCUT2D eigenvalue weighted by Gasteiger charge is -2.27. The third-order valence-corrected chi connectivity index (χ3v) is 3.71. The molecule has 1 aliphatic rings. The summed E-state index contributed by atoms with van der Waals surface area (Å²) < 4.78 is 5.50. The molecule has 1 aliphatic heterocycles. The maximum absolute atomic E-state index is 6.34. The number of fused-ring (bicyclic) bond motifs is 1. The van der Waals surface area contributed by atoms with Crippen molar-refractivity contribution in [3.63, 3.8) is 0 Å². The van der Waals surface area contributed by atoms with E-state index in [0.717, 1.165) is 25.1 Å². The van der Waals surface area contributed by atoms with E-state index in [-0.39, 0.29) is 0 Å². The van der Waals surface area contributed by atoms with Gasteiger partial charge in [-0.05, 0) is 30.7 Å². The summed E-state index contributed by atoms with van der Waals surface area (Å²) >= 11 is 18.1. The molecule has 0 spiro atoms. The summed E-state index contributed by atoms with van der Waals surface area (Å²) in [5.74, 6) is 0.990. The summed E-state index contributed by atoms with van der Waals surface area (Å²) in [6.07, 6.45) is 0.930. The minimum atomic E-state index is 0.416. The molecule has 17 heavy (non-hydrogen) atoms. The number of hydrogen-bond acceptors (Lipinski definition) is 2. The first kappa shape index (κ1) is 13.3. The fraction of sp³-hybridized carbons (Fsp3) is 0.500. The Hall–Kier alpha value is -0.150. The van der Waals surface area contributed by atoms with Crippen LogP contribution in [0.3, 0.4) is 0 Å². The zero-order valence-corrected chi connectivity index (χ0v) is 11.9. The second kappa shape index (κ2) is 5.66. The Labute approximate surface area is 116 Å². The van der Waals surface area contributed by atoms with E-state index in [1.54, 1.807) is 0 Å². The molecule has 1 heterocycles. The highest BCUT2D eigenvalue weighted by molar-refractivity contribution is 6.37. The Kier molecular flexibility index (Phi) is 4.42. The number of benzene rings is 1. The third kappa shape index (κ3) is 2.82. The van der Waals surface area contributed by atoms with Crippen LogP contribution in [0.4, 0.5) is 0 Å². The number of halogens is 3. The number of ether oxygens (including phenoxy) is 1. The molecule has 2 nitrogen and oxygen atoms in total. The molecule has 0 amide bonds. The third-order valence-electron chi connectivity index (χ3n) is 2.88. The van der Waals surface area contributed by atoms with Crippen molar-refractivity contribution in [3.8, 4) is 5.75 Å². The first-order valence-corrected chi connectivity index (χ1v) is 6.79. The van der Waals surface area contributed by atoms with Crippen LogP contribution in [-0.2, 0) is 13.0 Å². The molecule has 0 atom stereocenters. The van der Waals surface area contributed by atoms with E-state index in [1.807, 2.05) is 6.07 Å². The molecule has 5 heteroatoms. The molecule has 0 bridgehead atoms. The van der Waals surface area contributed by atoms with Crippen molar-refractivity contribution in [1.82, 2.24) is 4.90 Å². The lowest BCUT2D eigenvalue weighted by Crippen LogP contribution is -2.26. The second-order valence-electron chi connectivity index (χ2n) is 4.16. The monoisotopic (exact) mass is 293 g/mol. The summed E-state index contributed by atoms with van der Waals surface area (Å²) in [5.41, 5.74) is 2.34. The quantitative estimate of drug-likeness (QED) is 0.790. The van der Waals surface area contributed by atoms with Gasteiger partial charge in [0, 0.05) is 13.1 Å². The highest BCUT2D eigenvalue weighted by Crippen LogP contribution is 2.39. The molecule has 0 N–H and O–H groups in total. The average molecular weight is 295 g/mol. The van der Waals surface area contributed by atoms with Crippen LogP contribution in [0.5, 0.6) is 5.75 Å². The largest absolute Gasteiger partial charge is 0.489 e. The van der Waals surface area contributed by atoms with Gasteiger partial charge in [-0.15, -0.1) is 11.6 Å². The standard InChI is InChI=1S/C12H14Cl3NO/c1-16-4-2-9-8(7-16)6-10(14)12(11(9)15)17-5-3-13/h6H,2-5,7H2,1H3. The molecule has 94 valence electrons. The van der Waals surface area contributed by atoms with Gasteiger partial charge in [-0.3, -0.25) is 0 Å². The zero-order chi connectivity index (χ0) is 12.4. The Balaban J connectivity index is 2.37. The molecular weight excluding hydrogens is 280 g/mol. The minimum Gasteiger partial charge on any atom is -0.489 e. The molecule has 0 radical (unpaired) electrons. The predicted octanol–water partition coefficient (Wildman–Crippen LogP) is 3.60. The molecule has 0 fully saturated rings. The van der Waals surface area contributed by atoms with Crippen LogP contribution >= 0.6 is 34.8 Å². The first-order chi connectivity index (χ1) is 8.13. The van der Waals surface area contributed by atoms with E-state index in [2.05, 4.69) is 11.9 Å². The van der Waals surface area contributed by atoms with E-state index in [4.69, 9.17) is 39.5 Å². The molecule has 0 aromatic heterocycles. The fourth-order valence-electron chi connectivity index (χ4n) is 2.05. The Morgan fingerprint density at radius 2 is 2.18 bits per heavy atom. The Morgan fingerprint density at radius 1 is 1.41 bits per heavy atom. The molecule has 1 aromatic rings. The second-order valence-corrected chi connectivity index (χ2v) is 5.33. The number of rotatable bonds is 3. The Morgan fingerprint density at radius 3 is 2.88 bits per heavy atom. The number of nitrogens with zero attached hydrogens (tertiary/aromatic N) is 1. The highest BCUT2D eigenvalue weighted by Gasteiger charge is 2.21. The van der Waals surface area contributed by atoms with Crippen LogP contribution in [0.2, 0.25) is 10.0 Å². The van der Waals surface area contributed by atoms with E-state index in [9.17, 15) is 0 Å². The summed E-state index contributed by atoms with van der Waals surface area (Å²) in [6, 6.07) is 1.95. The van der Waals surface area contributed by atoms with Crippen LogP contribution in [0.1, 0.15) is 11.1 Å². The van der Waals surface area contributed by atoms with E-state index in [1.165, 1.54) is 5.56 Å². The van der Waals surface area contributed by atoms with Gasteiger partial charge in [0.15, 0.2) is 5.75 Å². The molecule has 0 saturated carbocycles. The summed E-state index contributed by atoms with van der Waals surface area (Å²) in [4.78, 5) is 2.24. The van der Waals surface area contributed by atoms with Gasteiger partial charge in [-0.1, -0.05) is 23.2 Å². The number of likely N-dealkylation sites (N-methyl/N-ethyl adjacent to an activating group) is 1. The Bertz CT molecular complexity index is 423. The predicted molar refractivity (Wildman–Crippen MR) is 72.7 cm³/mol. The molecule has 0 aliphatic carbocycles. The molecule has 0 saturated heterocycles. The molecule has 1 aromatic carbocycles. The van der Waals surface area contributed by atoms with Crippen LogP contribution in [-0.4, -0.2) is 31.0 Å². The van der Waals surface area contributed by atoms with Gasteiger partial charge in [0.1, 0.15) is 6.61 Å². The van der Waals surface area contributed by atoms with Crippen LogP contribution in [0, 0.1) is 0 Å². The van der Waals surface area contributed by atoms with Crippen molar-refractivity contribution in [3.05, 3.63) is 27.2 Å². The molecular formula is C12H14Cl3NO. The van der Waals surface area contributed by atoms with E-state index < -0.39 is 0 Å². The SMILES string of the molecule is CN1CCc2c(cc(Cl)c(OCCCl)c2Cl)C1. The average Bonchev–Trinajstić information content (AvgIpc) is 2.28. The van der Waals surface area contributed by atoms with Crippen LogP contribution < -0.4 is 4.74 Å². The highest BCUT2D eigenvalue weighted by atomic mass is 35.5. The van der Waals surface area contributed by atoms with Crippen molar-refractivity contribution in [2.75, 3.05) is 26.1 Å². The van der Waals surface area contributed by atoms with Crippen molar-refractivity contribution in [1.29, 1.82) is 0 Å². The van der Waals surface area contributed by atoms with Gasteiger partial charge < -0.3 is 9.64 Å². The number of alkyl halides is 1. The van der Waals surface area contributed by atoms with Crippen LogP contribution in [0.25, 0.3) is 0 Å². The minimum absolute atomic E-state index is 0.416. The number of hydrogen-bond donors (Lipinski definition) is 0. The maximum atomic E-state index is 6.34. The van der Waals surface area contributed by atoms with E-state index >= 15 is 0 Å².